The van der Waals surface area contributed by atoms with Gasteiger partial charge in [0, 0.05) is 17.0 Å². The lowest BCUT2D eigenvalue weighted by Crippen LogP contribution is -2.54. The van der Waals surface area contributed by atoms with Gasteiger partial charge in [-0.15, -0.1) is 0 Å². The van der Waals surface area contributed by atoms with Crippen molar-refractivity contribution < 1.29 is 18.7 Å². The molecule has 1 saturated heterocycles. The van der Waals surface area contributed by atoms with Gasteiger partial charge in [-0.25, -0.2) is 4.79 Å². The summed E-state index contributed by atoms with van der Waals surface area (Å²) in [5, 5.41) is 2.79. The van der Waals surface area contributed by atoms with E-state index < -0.39 is 6.09 Å². The summed E-state index contributed by atoms with van der Waals surface area (Å²) >= 11 is 0. The molecule has 4 rings (SSSR count). The minimum Gasteiger partial charge on any atom is -0.467 e. The number of ether oxygens (including phenoxy) is 2. The van der Waals surface area contributed by atoms with Gasteiger partial charge in [0.25, 0.3) is 0 Å². The van der Waals surface area contributed by atoms with Gasteiger partial charge < -0.3 is 13.9 Å². The predicted octanol–water partition coefficient (Wildman–Crippen LogP) is 5.43. The average Bonchev–Trinajstić information content (AvgIpc) is 3.21. The Morgan fingerprint density at radius 1 is 1.21 bits per heavy atom. The molecule has 148 valence electrons. The van der Waals surface area contributed by atoms with Crippen molar-refractivity contribution in [3.05, 3.63) is 66.1 Å². The van der Waals surface area contributed by atoms with E-state index in [0.29, 0.717) is 19.1 Å². The molecule has 2 aliphatic rings. The monoisotopic (exact) mass is 381 g/mol. The number of nitrogens with one attached hydrogen (secondary N) is 1. The van der Waals surface area contributed by atoms with Crippen LogP contribution < -0.4 is 5.32 Å². The number of carbonyl (C=O) groups is 1. The number of para-hydroxylation sites is 1. The van der Waals surface area contributed by atoms with Gasteiger partial charge in [0.15, 0.2) is 0 Å². The lowest BCUT2D eigenvalue weighted by atomic mass is 9.56. The molecular weight excluding hydrogens is 354 g/mol. The number of carbonyl (C=O) groups excluding carboxylic acids is 1. The highest BCUT2D eigenvalue weighted by atomic mass is 16.6. The van der Waals surface area contributed by atoms with Crippen molar-refractivity contribution in [1.82, 2.24) is 0 Å². The van der Waals surface area contributed by atoms with Crippen molar-refractivity contribution >= 4 is 11.8 Å². The summed E-state index contributed by atoms with van der Waals surface area (Å²) in [6, 6.07) is 13.2. The smallest absolute Gasteiger partial charge is 0.411 e. The molecule has 5 unspecified atom stereocenters. The molecule has 0 saturated carbocycles. The average molecular weight is 381 g/mol. The third kappa shape index (κ3) is 3.24. The Labute approximate surface area is 165 Å². The maximum absolute atomic E-state index is 12.3. The first kappa shape index (κ1) is 18.8. The molecule has 1 aliphatic heterocycles. The van der Waals surface area contributed by atoms with Crippen LogP contribution in [0.3, 0.4) is 0 Å². The van der Waals surface area contributed by atoms with Crippen LogP contribution in [0.1, 0.15) is 32.6 Å². The number of amides is 1. The highest BCUT2D eigenvalue weighted by molar-refractivity contribution is 5.84. The maximum Gasteiger partial charge on any atom is 0.411 e. The van der Waals surface area contributed by atoms with Crippen molar-refractivity contribution in [2.24, 2.45) is 23.2 Å². The molecule has 2 bridgehead atoms. The Kier molecular flexibility index (Phi) is 5.02. The topological polar surface area (TPSA) is 60.7 Å². The molecule has 1 fully saturated rings. The zero-order valence-electron chi connectivity index (χ0n) is 16.6. The second-order valence-corrected chi connectivity index (χ2v) is 8.06. The second kappa shape index (κ2) is 7.47. The summed E-state index contributed by atoms with van der Waals surface area (Å²) in [5.74, 6) is 1.61. The zero-order chi connectivity index (χ0) is 19.7. The molecule has 5 atom stereocenters. The number of hydrogen-bond donors (Lipinski definition) is 1. The summed E-state index contributed by atoms with van der Waals surface area (Å²) < 4.78 is 17.6. The van der Waals surface area contributed by atoms with Gasteiger partial charge in [-0.05, 0) is 43.0 Å². The largest absolute Gasteiger partial charge is 0.467 e. The van der Waals surface area contributed by atoms with Crippen LogP contribution in [0.2, 0.25) is 0 Å². The standard InChI is InChI=1S/C23H27NO4/c1-15-12-16(2)23(14-28-22(25)24-18-8-5-4-6-9-18)13-27-21(20(15)17(23)3)19-10-7-11-26-19/h4-12,16-17,20-21H,13-14H2,1-3H3,(H,24,25). The van der Waals surface area contributed by atoms with E-state index in [2.05, 4.69) is 32.2 Å². The summed E-state index contributed by atoms with van der Waals surface area (Å²) in [5.41, 5.74) is 1.79. The van der Waals surface area contributed by atoms with Crippen molar-refractivity contribution in [3.63, 3.8) is 0 Å². The lowest BCUT2D eigenvalue weighted by Gasteiger charge is -2.54. The van der Waals surface area contributed by atoms with Crippen LogP contribution in [-0.4, -0.2) is 19.3 Å². The fraction of sp³-hybridized carbons (Fsp3) is 0.435. The van der Waals surface area contributed by atoms with Crippen LogP contribution in [0.25, 0.3) is 0 Å². The van der Waals surface area contributed by atoms with Gasteiger partial charge in [-0.1, -0.05) is 43.7 Å². The van der Waals surface area contributed by atoms with Crippen molar-refractivity contribution in [2.75, 3.05) is 18.5 Å². The van der Waals surface area contributed by atoms with E-state index in [1.54, 1.807) is 6.26 Å². The molecular formula is C23H27NO4. The summed E-state index contributed by atoms with van der Waals surface area (Å²) in [6.07, 6.45) is 3.46. The van der Waals surface area contributed by atoms with Gasteiger partial charge in [-0.3, -0.25) is 5.32 Å². The van der Waals surface area contributed by atoms with E-state index >= 15 is 0 Å². The molecule has 1 aromatic heterocycles. The van der Waals surface area contributed by atoms with Crippen LogP contribution >= 0.6 is 0 Å². The lowest BCUT2D eigenvalue weighted by molar-refractivity contribution is -0.169. The molecule has 2 heterocycles. The zero-order valence-corrected chi connectivity index (χ0v) is 16.6. The highest BCUT2D eigenvalue weighted by Gasteiger charge is 2.55. The first-order valence-corrected chi connectivity index (χ1v) is 9.83. The van der Waals surface area contributed by atoms with E-state index in [0.717, 1.165) is 11.4 Å². The van der Waals surface area contributed by atoms with Crippen molar-refractivity contribution in [2.45, 2.75) is 26.9 Å². The molecule has 2 aromatic rings. The highest BCUT2D eigenvalue weighted by Crippen LogP contribution is 2.56. The Hall–Kier alpha value is -2.53. The third-order valence-corrected chi connectivity index (χ3v) is 6.56. The number of anilines is 1. The first-order chi connectivity index (χ1) is 13.5. The minimum absolute atomic E-state index is 0.0972. The predicted molar refractivity (Wildman–Crippen MR) is 107 cm³/mol. The van der Waals surface area contributed by atoms with E-state index in [-0.39, 0.29) is 23.4 Å². The fourth-order valence-electron chi connectivity index (χ4n) is 4.84. The number of furan rings is 1. The fourth-order valence-corrected chi connectivity index (χ4v) is 4.84. The summed E-state index contributed by atoms with van der Waals surface area (Å²) in [6.45, 7) is 7.44. The summed E-state index contributed by atoms with van der Waals surface area (Å²) in [4.78, 5) is 12.3. The Balaban J connectivity index is 1.51. The van der Waals surface area contributed by atoms with E-state index in [1.165, 1.54) is 5.57 Å². The molecule has 1 amide bonds. The van der Waals surface area contributed by atoms with Crippen molar-refractivity contribution in [1.29, 1.82) is 0 Å². The van der Waals surface area contributed by atoms with E-state index in [9.17, 15) is 4.79 Å². The minimum atomic E-state index is -0.434. The van der Waals surface area contributed by atoms with Crippen LogP contribution in [0.5, 0.6) is 0 Å². The molecule has 5 nitrogen and oxygen atoms in total. The molecule has 0 spiro atoms. The Morgan fingerprint density at radius 3 is 2.71 bits per heavy atom. The molecule has 5 heteroatoms. The second-order valence-electron chi connectivity index (χ2n) is 8.06. The Morgan fingerprint density at radius 2 is 2.00 bits per heavy atom. The number of benzene rings is 1. The van der Waals surface area contributed by atoms with E-state index in [4.69, 9.17) is 13.9 Å². The van der Waals surface area contributed by atoms with Crippen LogP contribution in [0.15, 0.2) is 64.8 Å². The third-order valence-electron chi connectivity index (χ3n) is 6.56. The van der Waals surface area contributed by atoms with Gasteiger partial charge in [0.05, 0.1) is 12.9 Å². The number of allylic oxidation sites excluding steroid dienone is 1. The number of fused-ring (bicyclic) bond motifs is 2. The number of hydrogen-bond acceptors (Lipinski definition) is 4. The molecule has 1 aromatic carbocycles. The number of rotatable bonds is 4. The first-order valence-electron chi connectivity index (χ1n) is 9.83. The SMILES string of the molecule is CC1=CC(C)C2(COC(=O)Nc3ccccc3)COC(c3ccco3)C1C2C. The van der Waals surface area contributed by atoms with Crippen LogP contribution in [0.4, 0.5) is 10.5 Å². The maximum atomic E-state index is 12.3. The van der Waals surface area contributed by atoms with Crippen LogP contribution in [0, 0.1) is 23.2 Å². The van der Waals surface area contributed by atoms with Crippen LogP contribution in [-0.2, 0) is 9.47 Å². The van der Waals surface area contributed by atoms with Gasteiger partial charge in [0.1, 0.15) is 18.5 Å². The van der Waals surface area contributed by atoms with Gasteiger partial charge in [-0.2, -0.15) is 0 Å². The molecule has 28 heavy (non-hydrogen) atoms. The summed E-state index contributed by atoms with van der Waals surface area (Å²) in [7, 11) is 0. The normalized spacial score (nSPS) is 31.8. The van der Waals surface area contributed by atoms with E-state index in [1.807, 2.05) is 42.5 Å². The van der Waals surface area contributed by atoms with Crippen molar-refractivity contribution in [3.8, 4) is 0 Å². The molecule has 1 aliphatic carbocycles. The van der Waals surface area contributed by atoms with Gasteiger partial charge in [0.2, 0.25) is 0 Å². The Bertz CT molecular complexity index is 845. The quantitative estimate of drug-likeness (QED) is 0.717. The van der Waals surface area contributed by atoms with Gasteiger partial charge >= 0.3 is 6.09 Å². The molecule has 1 N–H and O–H groups in total. The molecule has 0 radical (unpaired) electrons.